The number of fused-ring (bicyclic) bond motifs is 2. The van der Waals surface area contributed by atoms with E-state index in [-0.39, 0.29) is 11.6 Å². The first kappa shape index (κ1) is 15.0. The minimum absolute atomic E-state index is 0.0166. The Labute approximate surface area is 139 Å². The van der Waals surface area contributed by atoms with Gasteiger partial charge in [-0.3, -0.25) is 19.2 Å². The Morgan fingerprint density at radius 1 is 1.25 bits per heavy atom. The Morgan fingerprint density at radius 3 is 2.88 bits per heavy atom. The minimum atomic E-state index is 0.0166. The van der Waals surface area contributed by atoms with Crippen molar-refractivity contribution in [2.24, 2.45) is 0 Å². The highest BCUT2D eigenvalue weighted by molar-refractivity contribution is 5.73. The first-order valence-electron chi connectivity index (χ1n) is 8.21. The second-order valence-corrected chi connectivity index (χ2v) is 6.48. The Kier molecular flexibility index (Phi) is 3.65. The van der Waals surface area contributed by atoms with Crippen LogP contribution < -0.4 is 5.56 Å². The lowest BCUT2D eigenvalue weighted by Crippen LogP contribution is -2.39. The van der Waals surface area contributed by atoms with Crippen LogP contribution in [0.5, 0.6) is 0 Å². The summed E-state index contributed by atoms with van der Waals surface area (Å²) in [6, 6.07) is 4.19. The molecular formula is C17H20N6O. The van der Waals surface area contributed by atoms with E-state index in [1.807, 2.05) is 30.8 Å². The fourth-order valence-corrected chi connectivity index (χ4v) is 3.20. The van der Waals surface area contributed by atoms with Gasteiger partial charge in [-0.2, -0.15) is 5.10 Å². The van der Waals surface area contributed by atoms with Crippen molar-refractivity contribution in [3.63, 3.8) is 0 Å². The summed E-state index contributed by atoms with van der Waals surface area (Å²) in [7, 11) is 0. The van der Waals surface area contributed by atoms with Crippen LogP contribution >= 0.6 is 0 Å². The summed E-state index contributed by atoms with van der Waals surface area (Å²) < 4.78 is 3.60. The van der Waals surface area contributed by atoms with Gasteiger partial charge in [-0.05, 0) is 25.5 Å². The quantitative estimate of drug-likeness (QED) is 0.732. The zero-order chi connectivity index (χ0) is 16.7. The van der Waals surface area contributed by atoms with Gasteiger partial charge in [0.15, 0.2) is 5.65 Å². The summed E-state index contributed by atoms with van der Waals surface area (Å²) in [5.74, 6) is 0.810. The number of rotatable bonds is 3. The van der Waals surface area contributed by atoms with Gasteiger partial charge in [0.2, 0.25) is 0 Å². The zero-order valence-electron chi connectivity index (χ0n) is 13.9. The van der Waals surface area contributed by atoms with Crippen LogP contribution in [0.4, 0.5) is 0 Å². The lowest BCUT2D eigenvalue weighted by Gasteiger charge is -2.28. The van der Waals surface area contributed by atoms with E-state index in [4.69, 9.17) is 4.98 Å². The molecule has 0 aromatic carbocycles. The summed E-state index contributed by atoms with van der Waals surface area (Å²) in [6.45, 7) is 7.03. The third kappa shape index (κ3) is 2.50. The molecule has 124 valence electrons. The SMILES string of the molecule is CC(C)n1ncc2c(=O)n3c(nc21)CN(Cc1cccnc1)CC3. The minimum Gasteiger partial charge on any atom is -0.294 e. The van der Waals surface area contributed by atoms with Crippen molar-refractivity contribution in [2.75, 3.05) is 6.54 Å². The van der Waals surface area contributed by atoms with E-state index < -0.39 is 0 Å². The van der Waals surface area contributed by atoms with Gasteiger partial charge in [0.25, 0.3) is 5.56 Å². The molecule has 1 aliphatic heterocycles. The summed E-state index contributed by atoms with van der Waals surface area (Å²) in [6.07, 6.45) is 5.30. The molecule has 0 radical (unpaired) electrons. The third-order valence-corrected chi connectivity index (χ3v) is 4.41. The predicted octanol–water partition coefficient (Wildman–Crippen LogP) is 1.58. The molecule has 1 aliphatic rings. The molecular weight excluding hydrogens is 304 g/mol. The summed E-state index contributed by atoms with van der Waals surface area (Å²) in [5, 5.41) is 4.94. The highest BCUT2D eigenvalue weighted by atomic mass is 16.1. The van der Waals surface area contributed by atoms with Crippen LogP contribution in [0.25, 0.3) is 11.0 Å². The summed E-state index contributed by atoms with van der Waals surface area (Å²) in [4.78, 5) is 23.9. The molecule has 0 N–H and O–H groups in total. The van der Waals surface area contributed by atoms with Gasteiger partial charge in [0.05, 0.1) is 12.7 Å². The van der Waals surface area contributed by atoms with E-state index in [1.54, 1.807) is 17.0 Å². The van der Waals surface area contributed by atoms with Crippen LogP contribution in [0.3, 0.4) is 0 Å². The molecule has 0 aliphatic carbocycles. The molecule has 0 saturated heterocycles. The maximum absolute atomic E-state index is 12.7. The van der Waals surface area contributed by atoms with Crippen molar-refractivity contribution in [3.8, 4) is 0 Å². The summed E-state index contributed by atoms with van der Waals surface area (Å²) in [5.41, 5.74) is 1.87. The van der Waals surface area contributed by atoms with Gasteiger partial charge in [0, 0.05) is 38.1 Å². The number of nitrogens with zero attached hydrogens (tertiary/aromatic N) is 6. The molecule has 4 rings (SSSR count). The fourth-order valence-electron chi connectivity index (χ4n) is 3.20. The van der Waals surface area contributed by atoms with Crippen LogP contribution in [0.15, 0.2) is 35.5 Å². The summed E-state index contributed by atoms with van der Waals surface area (Å²) >= 11 is 0. The average Bonchev–Trinajstić information content (AvgIpc) is 3.00. The van der Waals surface area contributed by atoms with Gasteiger partial charge in [-0.25, -0.2) is 9.67 Å². The lowest BCUT2D eigenvalue weighted by atomic mass is 10.2. The van der Waals surface area contributed by atoms with E-state index in [9.17, 15) is 4.79 Å². The molecule has 7 heteroatoms. The molecule has 0 amide bonds. The molecule has 7 nitrogen and oxygen atoms in total. The maximum atomic E-state index is 12.7. The first-order chi connectivity index (χ1) is 11.6. The Hall–Kier alpha value is -2.54. The van der Waals surface area contributed by atoms with Crippen molar-refractivity contribution < 1.29 is 0 Å². The Balaban J connectivity index is 1.70. The molecule has 3 aromatic heterocycles. The zero-order valence-corrected chi connectivity index (χ0v) is 13.9. The molecule has 3 aromatic rings. The van der Waals surface area contributed by atoms with Crippen LogP contribution in [-0.4, -0.2) is 35.8 Å². The number of hydrogen-bond donors (Lipinski definition) is 0. The van der Waals surface area contributed by atoms with E-state index in [0.29, 0.717) is 24.1 Å². The number of hydrogen-bond acceptors (Lipinski definition) is 5. The van der Waals surface area contributed by atoms with Crippen LogP contribution in [0, 0.1) is 0 Å². The molecule has 0 spiro atoms. The lowest BCUT2D eigenvalue weighted by molar-refractivity contribution is 0.204. The normalized spacial score (nSPS) is 15.1. The van der Waals surface area contributed by atoms with Gasteiger partial charge in [0.1, 0.15) is 11.2 Å². The predicted molar refractivity (Wildman–Crippen MR) is 90.5 cm³/mol. The van der Waals surface area contributed by atoms with Crippen LogP contribution in [0.1, 0.15) is 31.3 Å². The van der Waals surface area contributed by atoms with Gasteiger partial charge < -0.3 is 0 Å². The largest absolute Gasteiger partial charge is 0.294 e. The smallest absolute Gasteiger partial charge is 0.264 e. The highest BCUT2D eigenvalue weighted by Crippen LogP contribution is 2.17. The van der Waals surface area contributed by atoms with Crippen molar-refractivity contribution in [1.82, 2.24) is 29.2 Å². The van der Waals surface area contributed by atoms with E-state index >= 15 is 0 Å². The molecule has 0 bridgehead atoms. The number of aromatic nitrogens is 5. The molecule has 0 atom stereocenters. The topological polar surface area (TPSA) is 68.8 Å². The molecule has 0 fully saturated rings. The monoisotopic (exact) mass is 324 g/mol. The van der Waals surface area contributed by atoms with E-state index in [2.05, 4.69) is 21.0 Å². The Bertz CT molecular complexity index is 927. The Morgan fingerprint density at radius 2 is 2.12 bits per heavy atom. The fraction of sp³-hybridized carbons (Fsp3) is 0.412. The highest BCUT2D eigenvalue weighted by Gasteiger charge is 2.22. The van der Waals surface area contributed by atoms with Crippen LogP contribution in [0.2, 0.25) is 0 Å². The first-order valence-corrected chi connectivity index (χ1v) is 8.21. The molecule has 0 saturated carbocycles. The van der Waals surface area contributed by atoms with Crippen molar-refractivity contribution in [1.29, 1.82) is 0 Å². The van der Waals surface area contributed by atoms with E-state index in [1.165, 1.54) is 5.56 Å². The average molecular weight is 324 g/mol. The standard InChI is InChI=1S/C17H20N6O/c1-12(2)23-16-14(9-19-23)17(24)22-7-6-21(11-15(22)20-16)10-13-4-3-5-18-8-13/h3-5,8-9,12H,6-7,10-11H2,1-2H3. The molecule has 0 unspecified atom stereocenters. The van der Waals surface area contributed by atoms with Gasteiger partial charge in [-0.1, -0.05) is 6.07 Å². The van der Waals surface area contributed by atoms with Gasteiger partial charge in [-0.15, -0.1) is 0 Å². The second kappa shape index (κ2) is 5.83. The van der Waals surface area contributed by atoms with E-state index in [0.717, 1.165) is 18.9 Å². The van der Waals surface area contributed by atoms with Crippen molar-refractivity contribution >= 4 is 11.0 Å². The molecule has 4 heterocycles. The van der Waals surface area contributed by atoms with Crippen molar-refractivity contribution in [3.05, 3.63) is 52.5 Å². The second-order valence-electron chi connectivity index (χ2n) is 6.48. The maximum Gasteiger partial charge on any atom is 0.264 e. The van der Waals surface area contributed by atoms with Crippen molar-refractivity contribution in [2.45, 2.75) is 39.5 Å². The van der Waals surface area contributed by atoms with Gasteiger partial charge >= 0.3 is 0 Å². The number of pyridine rings is 1. The van der Waals surface area contributed by atoms with Crippen LogP contribution in [-0.2, 0) is 19.6 Å². The molecule has 24 heavy (non-hydrogen) atoms. The third-order valence-electron chi connectivity index (χ3n) is 4.41.